The van der Waals surface area contributed by atoms with Gasteiger partial charge in [-0.1, -0.05) is 0 Å². The predicted molar refractivity (Wildman–Crippen MR) is 98.6 cm³/mol. The molecule has 2 aliphatic heterocycles. The van der Waals surface area contributed by atoms with E-state index in [-0.39, 0.29) is 17.2 Å². The summed E-state index contributed by atoms with van der Waals surface area (Å²) in [5.74, 6) is 1.17. The Hall–Kier alpha value is -1.14. The van der Waals surface area contributed by atoms with Crippen molar-refractivity contribution in [1.29, 1.82) is 0 Å². The number of nitrogens with zero attached hydrogens (tertiary/aromatic N) is 1. The molecule has 6 nitrogen and oxygen atoms in total. The minimum Gasteiger partial charge on any atom is -0.392 e. The molecule has 0 radical (unpaired) electrons. The number of nitrogens with one attached hydrogen (secondary N) is 1. The molecule has 4 atom stereocenters. The summed E-state index contributed by atoms with van der Waals surface area (Å²) in [5, 5.41) is 24.4. The zero-order valence-corrected chi connectivity index (χ0v) is 16.1. The molecule has 2 unspecified atom stereocenters. The summed E-state index contributed by atoms with van der Waals surface area (Å²) in [6.07, 6.45) is 7.76. The second-order valence-corrected chi connectivity index (χ2v) is 10.5. The van der Waals surface area contributed by atoms with Crippen molar-refractivity contribution in [2.24, 2.45) is 22.7 Å². The molecular formula is C21H32N2O4. The minimum atomic E-state index is -0.828. The zero-order chi connectivity index (χ0) is 18.9. The fourth-order valence-electron chi connectivity index (χ4n) is 7.70. The zero-order valence-electron chi connectivity index (χ0n) is 16.1. The van der Waals surface area contributed by atoms with E-state index < -0.39 is 17.1 Å². The van der Waals surface area contributed by atoms with Crippen LogP contribution in [0, 0.1) is 22.7 Å². The number of aliphatic hydroxyl groups excluding tert-OH is 1. The molecule has 6 aliphatic rings. The van der Waals surface area contributed by atoms with E-state index >= 15 is 0 Å². The molecule has 6 fully saturated rings. The van der Waals surface area contributed by atoms with Crippen LogP contribution in [0.1, 0.15) is 64.2 Å². The van der Waals surface area contributed by atoms with Crippen LogP contribution in [0.2, 0.25) is 0 Å². The lowest BCUT2D eigenvalue weighted by Gasteiger charge is -2.60. The number of carbonyl (C=O) groups is 2. The molecule has 27 heavy (non-hydrogen) atoms. The molecule has 0 aromatic rings. The van der Waals surface area contributed by atoms with Crippen LogP contribution in [-0.4, -0.2) is 58.3 Å². The van der Waals surface area contributed by atoms with Crippen LogP contribution in [-0.2, 0) is 9.59 Å². The van der Waals surface area contributed by atoms with Gasteiger partial charge >= 0.3 is 0 Å². The maximum absolute atomic E-state index is 13.3. The summed E-state index contributed by atoms with van der Waals surface area (Å²) in [6, 6.07) is 0. The van der Waals surface area contributed by atoms with Gasteiger partial charge in [0.15, 0.2) is 0 Å². The predicted octanol–water partition coefficient (Wildman–Crippen LogP) is 1.20. The highest BCUT2D eigenvalue weighted by Gasteiger charge is 2.58. The highest BCUT2D eigenvalue weighted by molar-refractivity contribution is 5.86. The second-order valence-electron chi connectivity index (χ2n) is 10.5. The van der Waals surface area contributed by atoms with Crippen molar-refractivity contribution in [3.63, 3.8) is 0 Å². The van der Waals surface area contributed by atoms with E-state index in [0.717, 1.165) is 38.5 Å². The van der Waals surface area contributed by atoms with E-state index in [2.05, 4.69) is 5.32 Å². The van der Waals surface area contributed by atoms with Crippen LogP contribution in [0.4, 0.5) is 0 Å². The molecule has 0 aromatic carbocycles. The van der Waals surface area contributed by atoms with Crippen molar-refractivity contribution in [3.05, 3.63) is 0 Å². The molecule has 2 saturated heterocycles. The Bertz CT molecular complexity index is 651. The van der Waals surface area contributed by atoms with Crippen LogP contribution in [0.15, 0.2) is 0 Å². The van der Waals surface area contributed by atoms with Crippen molar-refractivity contribution in [2.75, 3.05) is 19.6 Å². The lowest BCUT2D eigenvalue weighted by atomic mass is 9.47. The maximum Gasteiger partial charge on any atom is 0.230 e. The van der Waals surface area contributed by atoms with Gasteiger partial charge in [-0.25, -0.2) is 0 Å². The van der Waals surface area contributed by atoms with Gasteiger partial charge in [0.05, 0.1) is 17.1 Å². The molecular weight excluding hydrogens is 344 g/mol. The number of piperidine rings is 2. The van der Waals surface area contributed by atoms with Crippen molar-refractivity contribution in [2.45, 2.75) is 75.9 Å². The van der Waals surface area contributed by atoms with Crippen molar-refractivity contribution in [3.8, 4) is 0 Å². The molecule has 4 aliphatic carbocycles. The number of carbonyl (C=O) groups excluding carboxylic acids is 2. The van der Waals surface area contributed by atoms with E-state index in [4.69, 9.17) is 0 Å². The topological polar surface area (TPSA) is 89.9 Å². The smallest absolute Gasteiger partial charge is 0.230 e. The van der Waals surface area contributed by atoms with Gasteiger partial charge < -0.3 is 20.4 Å². The van der Waals surface area contributed by atoms with Gasteiger partial charge in [-0.15, -0.1) is 0 Å². The highest BCUT2D eigenvalue weighted by Crippen LogP contribution is 2.63. The molecule has 6 heteroatoms. The average Bonchev–Trinajstić information content (AvgIpc) is 2.57. The second kappa shape index (κ2) is 5.93. The number of rotatable bonds is 2. The maximum atomic E-state index is 13.3. The molecule has 150 valence electrons. The Morgan fingerprint density at radius 2 is 1.96 bits per heavy atom. The van der Waals surface area contributed by atoms with Gasteiger partial charge in [0.2, 0.25) is 11.8 Å². The van der Waals surface area contributed by atoms with Gasteiger partial charge in [-0.05, 0) is 75.0 Å². The van der Waals surface area contributed by atoms with Crippen LogP contribution in [0.3, 0.4) is 0 Å². The van der Waals surface area contributed by atoms with Crippen molar-refractivity contribution in [1.82, 2.24) is 10.2 Å². The lowest BCUT2D eigenvalue weighted by Crippen LogP contribution is -2.62. The third kappa shape index (κ3) is 2.82. The van der Waals surface area contributed by atoms with E-state index in [1.807, 2.05) is 4.90 Å². The Morgan fingerprint density at radius 3 is 2.63 bits per heavy atom. The molecule has 6 rings (SSSR count). The Labute approximate surface area is 160 Å². The first kappa shape index (κ1) is 17.9. The van der Waals surface area contributed by atoms with Crippen LogP contribution < -0.4 is 5.32 Å². The van der Waals surface area contributed by atoms with Crippen molar-refractivity contribution >= 4 is 11.8 Å². The third-order valence-corrected chi connectivity index (χ3v) is 8.35. The van der Waals surface area contributed by atoms with Gasteiger partial charge in [0.1, 0.15) is 0 Å². The molecule has 4 bridgehead atoms. The number of hydrogen-bond acceptors (Lipinski definition) is 4. The molecule has 4 saturated carbocycles. The van der Waals surface area contributed by atoms with Crippen molar-refractivity contribution < 1.29 is 19.8 Å². The van der Waals surface area contributed by atoms with Gasteiger partial charge in [-0.2, -0.15) is 0 Å². The fourth-order valence-corrected chi connectivity index (χ4v) is 7.70. The van der Waals surface area contributed by atoms with E-state index in [0.29, 0.717) is 50.7 Å². The SMILES string of the molecule is O=C(CC12CC3CC(CC(O)(C3)C1)C2)N1CC[C@@H](O)[C@@]2(CCCNC2=O)C1. The molecule has 2 heterocycles. The quantitative estimate of drug-likeness (QED) is 0.675. The molecule has 2 amide bonds. The molecule has 1 spiro atoms. The summed E-state index contributed by atoms with van der Waals surface area (Å²) in [7, 11) is 0. The first-order valence-corrected chi connectivity index (χ1v) is 10.8. The summed E-state index contributed by atoms with van der Waals surface area (Å²) >= 11 is 0. The lowest BCUT2D eigenvalue weighted by molar-refractivity contribution is -0.175. The van der Waals surface area contributed by atoms with E-state index in [1.54, 1.807) is 0 Å². The summed E-state index contributed by atoms with van der Waals surface area (Å²) in [4.78, 5) is 27.7. The average molecular weight is 376 g/mol. The normalized spacial score (nSPS) is 48.7. The largest absolute Gasteiger partial charge is 0.392 e. The molecule has 3 N–H and O–H groups in total. The van der Waals surface area contributed by atoms with Gasteiger partial charge in [-0.3, -0.25) is 9.59 Å². The monoisotopic (exact) mass is 376 g/mol. The number of aliphatic hydroxyl groups is 2. The highest BCUT2D eigenvalue weighted by atomic mass is 16.3. The number of hydrogen-bond donors (Lipinski definition) is 3. The summed E-state index contributed by atoms with van der Waals surface area (Å²) in [5.41, 5.74) is -1.42. The number of likely N-dealkylation sites (tertiary alicyclic amines) is 1. The minimum absolute atomic E-state index is 0.0477. The fraction of sp³-hybridized carbons (Fsp3) is 0.905. The first-order valence-electron chi connectivity index (χ1n) is 10.8. The van der Waals surface area contributed by atoms with Crippen LogP contribution >= 0.6 is 0 Å². The molecule has 0 aromatic heterocycles. The Balaban J connectivity index is 1.32. The van der Waals surface area contributed by atoms with Gasteiger partial charge in [0.25, 0.3) is 0 Å². The Kier molecular flexibility index (Phi) is 3.94. The van der Waals surface area contributed by atoms with Crippen LogP contribution in [0.5, 0.6) is 0 Å². The third-order valence-electron chi connectivity index (χ3n) is 8.35. The van der Waals surface area contributed by atoms with Crippen LogP contribution in [0.25, 0.3) is 0 Å². The van der Waals surface area contributed by atoms with E-state index in [9.17, 15) is 19.8 Å². The van der Waals surface area contributed by atoms with E-state index in [1.165, 1.54) is 6.42 Å². The summed E-state index contributed by atoms with van der Waals surface area (Å²) < 4.78 is 0. The number of amides is 2. The van der Waals surface area contributed by atoms with Gasteiger partial charge in [0, 0.05) is 26.1 Å². The first-order chi connectivity index (χ1) is 12.8. The standard InChI is InChI=1S/C21H32N2O4/c24-16-2-5-23(13-21(16)3-1-4-22-18(21)26)17(25)11-19-7-14-6-15(8-19)10-20(27,9-14)12-19/h14-16,24,27H,1-13H2,(H,22,26)/t14?,15?,16-,19?,20?,21-/m1/s1. The Morgan fingerprint density at radius 1 is 1.22 bits per heavy atom. The summed E-state index contributed by atoms with van der Waals surface area (Å²) in [6.45, 7) is 1.53.